The highest BCUT2D eigenvalue weighted by atomic mass is 32.2. The first-order valence-corrected chi connectivity index (χ1v) is 10.4. The summed E-state index contributed by atoms with van der Waals surface area (Å²) in [4.78, 5) is 23.5. The molecule has 1 amide bonds. The van der Waals surface area contributed by atoms with Crippen LogP contribution in [0.3, 0.4) is 0 Å². The first kappa shape index (κ1) is 17.5. The molecule has 1 aliphatic heterocycles. The van der Waals surface area contributed by atoms with Crippen molar-refractivity contribution in [1.29, 1.82) is 0 Å². The van der Waals surface area contributed by atoms with E-state index in [0.717, 1.165) is 48.1 Å². The molecule has 3 heterocycles. The first-order chi connectivity index (χ1) is 11.8. The Morgan fingerprint density at radius 2 is 2.38 bits per heavy atom. The topological polar surface area (TPSA) is 51.0 Å². The third-order valence-electron chi connectivity index (χ3n) is 4.36. The van der Waals surface area contributed by atoms with Gasteiger partial charge in [-0.25, -0.2) is 9.97 Å². The second kappa shape index (κ2) is 8.67. The van der Waals surface area contributed by atoms with Crippen molar-refractivity contribution < 1.29 is 4.79 Å². The van der Waals surface area contributed by atoms with Crippen LogP contribution in [0.4, 0.5) is 0 Å². The van der Waals surface area contributed by atoms with Gasteiger partial charge in [0.2, 0.25) is 5.91 Å². The van der Waals surface area contributed by atoms with Crippen molar-refractivity contribution in [2.45, 2.75) is 56.0 Å². The Morgan fingerprint density at radius 1 is 1.46 bits per heavy atom. The molecule has 1 saturated heterocycles. The number of aromatic nitrogens is 3. The number of amides is 1. The number of hydrogen-bond donors (Lipinski definition) is 0. The molecule has 3 rings (SSSR count). The Balaban J connectivity index is 1.57. The molecule has 0 aliphatic carbocycles. The fourth-order valence-electron chi connectivity index (χ4n) is 3.16. The first-order valence-electron chi connectivity index (χ1n) is 8.58. The minimum atomic E-state index is 0.226. The van der Waals surface area contributed by atoms with E-state index >= 15 is 0 Å². The maximum Gasteiger partial charge on any atom is 0.228 e. The highest BCUT2D eigenvalue weighted by molar-refractivity contribution is 8.00. The van der Waals surface area contributed by atoms with E-state index in [1.165, 1.54) is 6.42 Å². The molecule has 1 aliphatic rings. The quantitative estimate of drug-likeness (QED) is 0.706. The summed E-state index contributed by atoms with van der Waals surface area (Å²) in [5.41, 5.74) is 0.917. The highest BCUT2D eigenvalue weighted by Gasteiger charge is 2.26. The Morgan fingerprint density at radius 3 is 3.17 bits per heavy atom. The lowest BCUT2D eigenvalue weighted by molar-refractivity contribution is -0.134. The molecule has 7 heteroatoms. The minimum absolute atomic E-state index is 0.226. The Kier molecular flexibility index (Phi) is 6.31. The van der Waals surface area contributed by atoms with Crippen molar-refractivity contribution in [1.82, 2.24) is 19.4 Å². The van der Waals surface area contributed by atoms with Crippen LogP contribution < -0.4 is 0 Å². The zero-order chi connectivity index (χ0) is 16.8. The zero-order valence-electron chi connectivity index (χ0n) is 14.1. The summed E-state index contributed by atoms with van der Waals surface area (Å²) >= 11 is 3.38. The summed E-state index contributed by atoms with van der Waals surface area (Å²) < 4.78 is 3.15. The van der Waals surface area contributed by atoms with Gasteiger partial charge in [0.25, 0.3) is 0 Å². The van der Waals surface area contributed by atoms with Crippen LogP contribution in [-0.4, -0.2) is 43.7 Å². The van der Waals surface area contributed by atoms with E-state index in [1.54, 1.807) is 29.3 Å². The number of rotatable bonds is 7. The molecule has 2 aromatic rings. The van der Waals surface area contributed by atoms with E-state index in [0.29, 0.717) is 12.5 Å². The molecule has 1 fully saturated rings. The second-order valence-electron chi connectivity index (χ2n) is 6.04. The number of thioether (sulfide) groups is 1. The van der Waals surface area contributed by atoms with E-state index in [9.17, 15) is 4.79 Å². The van der Waals surface area contributed by atoms with Crippen molar-refractivity contribution in [3.05, 3.63) is 29.8 Å². The van der Waals surface area contributed by atoms with Gasteiger partial charge < -0.3 is 9.47 Å². The summed E-state index contributed by atoms with van der Waals surface area (Å²) in [5.74, 6) is 1.24. The lowest BCUT2D eigenvalue weighted by Crippen LogP contribution is -2.44. The van der Waals surface area contributed by atoms with Crippen LogP contribution in [0.5, 0.6) is 0 Å². The summed E-state index contributed by atoms with van der Waals surface area (Å²) in [5, 5.41) is 2.03. The molecular weight excluding hydrogens is 340 g/mol. The molecule has 24 heavy (non-hydrogen) atoms. The predicted molar refractivity (Wildman–Crippen MR) is 98.4 cm³/mol. The number of hydrogen-bond acceptors (Lipinski definition) is 5. The van der Waals surface area contributed by atoms with E-state index < -0.39 is 0 Å². The van der Waals surface area contributed by atoms with Gasteiger partial charge in [-0.15, -0.1) is 11.3 Å². The van der Waals surface area contributed by atoms with Gasteiger partial charge >= 0.3 is 0 Å². The van der Waals surface area contributed by atoms with Gasteiger partial charge in [0, 0.05) is 36.9 Å². The number of likely N-dealkylation sites (tertiary alicyclic amines) is 1. The molecule has 0 radical (unpaired) electrons. The lowest BCUT2D eigenvalue weighted by Gasteiger charge is -2.36. The summed E-state index contributed by atoms with van der Waals surface area (Å²) in [6.07, 6.45) is 10.5. The fraction of sp³-hybridized carbons (Fsp3) is 0.588. The monoisotopic (exact) mass is 364 g/mol. The number of aryl methyl sites for hydroxylation is 1. The molecule has 0 saturated carbocycles. The number of carbonyl (C=O) groups excluding carboxylic acids is 1. The number of thiazole rings is 1. The standard InChI is InChI=1S/C17H24N4OS2/c1-2-23-17-19-14(12-24-17)11-16(22)21-8-4-3-5-15(21)6-9-20-10-7-18-13-20/h7,10,12-13,15H,2-6,8-9,11H2,1H3. The number of nitrogens with zero attached hydrogens (tertiary/aromatic N) is 4. The molecule has 0 bridgehead atoms. The van der Waals surface area contributed by atoms with Gasteiger partial charge in [-0.3, -0.25) is 4.79 Å². The maximum atomic E-state index is 12.8. The number of carbonyl (C=O) groups is 1. The van der Waals surface area contributed by atoms with Crippen LogP contribution in [0.1, 0.15) is 38.3 Å². The van der Waals surface area contributed by atoms with Gasteiger partial charge in [-0.05, 0) is 31.4 Å². The van der Waals surface area contributed by atoms with Crippen LogP contribution in [0.2, 0.25) is 0 Å². The Labute approximate surface area is 151 Å². The molecular formula is C17H24N4OS2. The normalized spacial score (nSPS) is 18.0. The Bertz CT molecular complexity index is 641. The third kappa shape index (κ3) is 4.60. The van der Waals surface area contributed by atoms with Gasteiger partial charge in [0.05, 0.1) is 18.4 Å². The molecule has 130 valence electrons. The van der Waals surface area contributed by atoms with E-state index in [4.69, 9.17) is 0 Å². The minimum Gasteiger partial charge on any atom is -0.339 e. The predicted octanol–water partition coefficient (Wildman–Crippen LogP) is 3.47. The zero-order valence-corrected chi connectivity index (χ0v) is 15.7. The summed E-state index contributed by atoms with van der Waals surface area (Å²) in [6, 6.07) is 0.344. The van der Waals surface area contributed by atoms with Crippen molar-refractivity contribution in [3.63, 3.8) is 0 Å². The number of piperidine rings is 1. The van der Waals surface area contributed by atoms with Crippen LogP contribution in [-0.2, 0) is 17.8 Å². The van der Waals surface area contributed by atoms with Crippen LogP contribution >= 0.6 is 23.1 Å². The van der Waals surface area contributed by atoms with Gasteiger partial charge in [-0.1, -0.05) is 18.7 Å². The van der Waals surface area contributed by atoms with Crippen LogP contribution in [0.15, 0.2) is 28.4 Å². The van der Waals surface area contributed by atoms with Crippen molar-refractivity contribution >= 4 is 29.0 Å². The molecule has 0 spiro atoms. The molecule has 1 unspecified atom stereocenters. The SMILES string of the molecule is CCSc1nc(CC(=O)N2CCCCC2CCn2ccnc2)cs1. The van der Waals surface area contributed by atoms with Gasteiger partial charge in [0.15, 0.2) is 0 Å². The summed E-state index contributed by atoms with van der Waals surface area (Å²) in [7, 11) is 0. The molecule has 1 atom stereocenters. The van der Waals surface area contributed by atoms with Crippen molar-refractivity contribution in [2.24, 2.45) is 0 Å². The second-order valence-corrected chi connectivity index (χ2v) is 8.41. The largest absolute Gasteiger partial charge is 0.339 e. The van der Waals surface area contributed by atoms with Crippen molar-refractivity contribution in [2.75, 3.05) is 12.3 Å². The Hall–Kier alpha value is -1.34. The van der Waals surface area contributed by atoms with Gasteiger partial charge in [-0.2, -0.15) is 0 Å². The van der Waals surface area contributed by atoms with Crippen molar-refractivity contribution in [3.8, 4) is 0 Å². The molecule has 0 aromatic carbocycles. The third-order valence-corrected chi connectivity index (χ3v) is 6.31. The molecule has 0 N–H and O–H groups in total. The van der Waals surface area contributed by atoms with Crippen LogP contribution in [0.25, 0.3) is 0 Å². The average Bonchev–Trinajstić information content (AvgIpc) is 3.25. The molecule has 2 aromatic heterocycles. The summed E-state index contributed by atoms with van der Waals surface area (Å²) in [6.45, 7) is 3.92. The van der Waals surface area contributed by atoms with Gasteiger partial charge in [0.1, 0.15) is 4.34 Å². The number of imidazole rings is 1. The lowest BCUT2D eigenvalue weighted by atomic mass is 9.98. The van der Waals surface area contributed by atoms with E-state index in [-0.39, 0.29) is 5.91 Å². The molecule has 5 nitrogen and oxygen atoms in total. The van der Waals surface area contributed by atoms with Crippen LogP contribution in [0, 0.1) is 0 Å². The average molecular weight is 365 g/mol. The van der Waals surface area contributed by atoms with E-state index in [2.05, 4.69) is 26.4 Å². The smallest absolute Gasteiger partial charge is 0.228 e. The fourth-order valence-corrected chi connectivity index (χ4v) is 4.90. The highest BCUT2D eigenvalue weighted by Crippen LogP contribution is 2.24. The van der Waals surface area contributed by atoms with E-state index in [1.807, 2.05) is 17.9 Å². The maximum absolute atomic E-state index is 12.8.